The molecule has 11 heteroatoms. The van der Waals surface area contributed by atoms with E-state index in [1.165, 1.54) is 4.90 Å². The summed E-state index contributed by atoms with van der Waals surface area (Å²) in [4.78, 5) is 49.4. The van der Waals surface area contributed by atoms with Crippen LogP contribution in [0.2, 0.25) is 0 Å². The molecule has 37 heavy (non-hydrogen) atoms. The highest BCUT2D eigenvalue weighted by molar-refractivity contribution is 6.02. The molecule has 3 rings (SSSR count). The molecule has 0 saturated carbocycles. The Morgan fingerprint density at radius 2 is 1.73 bits per heavy atom. The number of rotatable bonds is 12. The third kappa shape index (κ3) is 9.07. The Labute approximate surface area is 221 Å². The van der Waals surface area contributed by atoms with Crippen LogP contribution in [0.1, 0.15) is 36.8 Å². The highest BCUT2D eigenvalue weighted by Crippen LogP contribution is 2.27. The number of hydrogen-bond acceptors (Lipinski definition) is 6. The molecule has 10 nitrogen and oxygen atoms in total. The molecule has 0 aromatic heterocycles. The fourth-order valence-corrected chi connectivity index (χ4v) is 4.13. The Hall–Kier alpha value is -3.63. The number of para-hydroxylation sites is 1. The Kier molecular flexibility index (Phi) is 11.9. The number of carboxylic acid groups (broad SMARTS) is 2. The maximum atomic E-state index is 13.2. The van der Waals surface area contributed by atoms with Crippen LogP contribution in [0.15, 0.2) is 54.6 Å². The van der Waals surface area contributed by atoms with E-state index in [0.29, 0.717) is 37.9 Å². The number of fused-ring (bicyclic) bond motifs is 1. The predicted octanol–water partition coefficient (Wildman–Crippen LogP) is 2.98. The van der Waals surface area contributed by atoms with Crippen LogP contribution in [-0.2, 0) is 32.1 Å². The first-order valence-corrected chi connectivity index (χ1v) is 11.9. The number of amides is 2. The number of carbonyl (C=O) groups is 4. The number of alkyl carbamates (subject to hydrolysis) is 1. The number of hydrogen-bond donors (Lipinski definition) is 4. The van der Waals surface area contributed by atoms with Crippen molar-refractivity contribution in [2.45, 2.75) is 50.8 Å². The molecule has 0 bridgehead atoms. The average molecular weight is 534 g/mol. The van der Waals surface area contributed by atoms with Crippen molar-refractivity contribution in [2.75, 3.05) is 18.0 Å². The normalized spacial score (nSPS) is 15.5. The smallest absolute Gasteiger partial charge is 0.407 e. The zero-order chi connectivity index (χ0) is 25.9. The summed E-state index contributed by atoms with van der Waals surface area (Å²) in [6, 6.07) is 14.6. The third-order valence-corrected chi connectivity index (χ3v) is 5.94. The van der Waals surface area contributed by atoms with Crippen molar-refractivity contribution in [2.24, 2.45) is 0 Å². The average Bonchev–Trinajstić information content (AvgIpc) is 2.99. The summed E-state index contributed by atoms with van der Waals surface area (Å²) in [6.07, 6.45) is 1.58. The summed E-state index contributed by atoms with van der Waals surface area (Å²) in [5.74, 6) is -2.70. The monoisotopic (exact) mass is 533 g/mol. The number of carbonyl (C=O) groups excluding carboxylic acids is 2. The maximum absolute atomic E-state index is 13.2. The molecule has 2 amide bonds. The lowest BCUT2D eigenvalue weighted by atomic mass is 10.0. The molecule has 1 aliphatic rings. The van der Waals surface area contributed by atoms with Gasteiger partial charge in [-0.25, -0.2) is 4.79 Å². The number of anilines is 1. The molecule has 200 valence electrons. The summed E-state index contributed by atoms with van der Waals surface area (Å²) >= 11 is 0. The van der Waals surface area contributed by atoms with Gasteiger partial charge in [0, 0.05) is 12.2 Å². The predicted molar refractivity (Wildman–Crippen MR) is 139 cm³/mol. The maximum Gasteiger partial charge on any atom is 0.407 e. The molecule has 0 radical (unpaired) electrons. The van der Waals surface area contributed by atoms with Crippen LogP contribution in [0.4, 0.5) is 10.5 Å². The fraction of sp³-hybridized carbons (Fsp3) is 0.385. The number of benzene rings is 2. The summed E-state index contributed by atoms with van der Waals surface area (Å²) < 4.78 is 5.14. The molecule has 2 aromatic rings. The van der Waals surface area contributed by atoms with Gasteiger partial charge in [-0.05, 0) is 49.3 Å². The minimum atomic E-state index is -1.15. The van der Waals surface area contributed by atoms with Crippen molar-refractivity contribution < 1.29 is 34.1 Å². The van der Waals surface area contributed by atoms with Gasteiger partial charge < -0.3 is 20.3 Å². The van der Waals surface area contributed by atoms with Crippen LogP contribution >= 0.6 is 12.4 Å². The van der Waals surface area contributed by atoms with Gasteiger partial charge in [-0.2, -0.15) is 0 Å². The quantitative estimate of drug-likeness (QED) is 0.305. The number of nitrogens with zero attached hydrogens (tertiary/aromatic N) is 1. The molecule has 4 N–H and O–H groups in total. The standard InChI is InChI=1S/C26H31N3O7.ClH/c30-23(31)16-29-22-12-5-4-10-19(22)13-14-20(24(29)32)28-21(25(33)34)11-6-7-15-27-26(35)36-17-18-8-2-1-3-9-18;/h1-5,8-10,12,20-21,28H,6-7,11,13-17H2,(H,27,35)(H,30,31)(H,33,34);1H. The van der Waals surface area contributed by atoms with Gasteiger partial charge in [0.25, 0.3) is 0 Å². The van der Waals surface area contributed by atoms with Crippen molar-refractivity contribution in [3.63, 3.8) is 0 Å². The lowest BCUT2D eigenvalue weighted by Crippen LogP contribution is -2.52. The minimum Gasteiger partial charge on any atom is -0.480 e. The molecular weight excluding hydrogens is 502 g/mol. The summed E-state index contributed by atoms with van der Waals surface area (Å²) in [5, 5.41) is 24.6. The minimum absolute atomic E-state index is 0. The van der Waals surface area contributed by atoms with Gasteiger partial charge in [-0.1, -0.05) is 48.5 Å². The topological polar surface area (TPSA) is 145 Å². The zero-order valence-electron chi connectivity index (χ0n) is 20.3. The van der Waals surface area contributed by atoms with Crippen LogP contribution in [0.3, 0.4) is 0 Å². The molecule has 0 aliphatic carbocycles. The number of aryl methyl sites for hydroxylation is 1. The van der Waals surface area contributed by atoms with Gasteiger partial charge in [0.2, 0.25) is 5.91 Å². The molecule has 2 atom stereocenters. The van der Waals surface area contributed by atoms with Crippen LogP contribution < -0.4 is 15.5 Å². The van der Waals surface area contributed by atoms with Crippen molar-refractivity contribution >= 4 is 42.0 Å². The van der Waals surface area contributed by atoms with Crippen molar-refractivity contribution in [3.05, 3.63) is 65.7 Å². The second-order valence-corrected chi connectivity index (χ2v) is 8.58. The first-order valence-electron chi connectivity index (χ1n) is 11.9. The summed E-state index contributed by atoms with van der Waals surface area (Å²) in [5.41, 5.74) is 2.25. The molecule has 2 aromatic carbocycles. The largest absolute Gasteiger partial charge is 0.480 e. The second kappa shape index (κ2) is 14.8. The second-order valence-electron chi connectivity index (χ2n) is 8.58. The number of nitrogens with one attached hydrogen (secondary N) is 2. The van der Waals surface area contributed by atoms with Gasteiger partial charge in [0.15, 0.2) is 0 Å². The SMILES string of the molecule is Cl.O=C(O)CN1C(=O)C(NC(CCCCNC(=O)OCc2ccccc2)C(=O)O)CCc2ccccc21. The van der Waals surface area contributed by atoms with E-state index < -0.39 is 42.6 Å². The number of carboxylic acids is 2. The Morgan fingerprint density at radius 3 is 2.43 bits per heavy atom. The number of unbranched alkanes of at least 4 members (excludes halogenated alkanes) is 1. The molecule has 1 aliphatic heterocycles. The zero-order valence-corrected chi connectivity index (χ0v) is 21.1. The number of ether oxygens (including phenoxy) is 1. The van der Waals surface area contributed by atoms with E-state index in [1.807, 2.05) is 42.5 Å². The van der Waals surface area contributed by atoms with E-state index in [2.05, 4.69) is 10.6 Å². The van der Waals surface area contributed by atoms with Crippen LogP contribution in [0.25, 0.3) is 0 Å². The third-order valence-electron chi connectivity index (χ3n) is 5.94. The Bertz CT molecular complexity index is 1070. The summed E-state index contributed by atoms with van der Waals surface area (Å²) in [6.45, 7) is -0.0162. The highest BCUT2D eigenvalue weighted by atomic mass is 35.5. The van der Waals surface area contributed by atoms with Gasteiger partial charge in [0.1, 0.15) is 19.2 Å². The Morgan fingerprint density at radius 1 is 1.03 bits per heavy atom. The first-order chi connectivity index (χ1) is 17.3. The number of aliphatic carboxylic acids is 2. The van der Waals surface area contributed by atoms with E-state index in [-0.39, 0.29) is 25.4 Å². The van der Waals surface area contributed by atoms with E-state index in [0.717, 1.165) is 11.1 Å². The highest BCUT2D eigenvalue weighted by Gasteiger charge is 2.34. The van der Waals surface area contributed by atoms with Crippen LogP contribution in [-0.4, -0.2) is 59.3 Å². The van der Waals surface area contributed by atoms with Gasteiger partial charge in [-0.3, -0.25) is 24.6 Å². The van der Waals surface area contributed by atoms with Crippen molar-refractivity contribution in [3.8, 4) is 0 Å². The summed E-state index contributed by atoms with van der Waals surface area (Å²) in [7, 11) is 0. The van der Waals surface area contributed by atoms with Gasteiger partial charge >= 0.3 is 18.0 Å². The Balaban J connectivity index is 0.00000481. The van der Waals surface area contributed by atoms with E-state index in [4.69, 9.17) is 4.74 Å². The fourth-order valence-electron chi connectivity index (χ4n) is 4.13. The first kappa shape index (κ1) is 29.6. The van der Waals surface area contributed by atoms with E-state index >= 15 is 0 Å². The van der Waals surface area contributed by atoms with Crippen LogP contribution in [0.5, 0.6) is 0 Å². The number of halogens is 1. The lowest BCUT2D eigenvalue weighted by molar-refractivity contribution is -0.140. The van der Waals surface area contributed by atoms with Gasteiger partial charge in [0.05, 0.1) is 6.04 Å². The van der Waals surface area contributed by atoms with Gasteiger partial charge in [-0.15, -0.1) is 12.4 Å². The van der Waals surface area contributed by atoms with E-state index in [1.54, 1.807) is 12.1 Å². The van der Waals surface area contributed by atoms with Crippen molar-refractivity contribution in [1.82, 2.24) is 10.6 Å². The molecule has 1 heterocycles. The van der Waals surface area contributed by atoms with E-state index in [9.17, 15) is 29.4 Å². The molecule has 2 unspecified atom stereocenters. The molecule has 0 fully saturated rings. The van der Waals surface area contributed by atoms with Crippen molar-refractivity contribution in [1.29, 1.82) is 0 Å². The molecule has 0 spiro atoms. The van der Waals surface area contributed by atoms with Crippen LogP contribution in [0, 0.1) is 0 Å². The molecular formula is C26H32ClN3O7. The lowest BCUT2D eigenvalue weighted by Gasteiger charge is -2.26. The molecule has 0 saturated heterocycles.